The molecule has 0 saturated heterocycles. The van der Waals surface area contributed by atoms with E-state index < -0.39 is 0 Å². The highest BCUT2D eigenvalue weighted by Gasteiger charge is 2.20. The van der Waals surface area contributed by atoms with Gasteiger partial charge in [-0.25, -0.2) is 9.78 Å². The number of rotatable bonds is 6. The highest BCUT2D eigenvalue weighted by molar-refractivity contribution is 5.73. The molecule has 0 aliphatic heterocycles. The molecule has 2 aromatic rings. The second-order valence-corrected chi connectivity index (χ2v) is 6.80. The van der Waals surface area contributed by atoms with E-state index in [0.29, 0.717) is 19.0 Å². The molecule has 0 spiro atoms. The number of imidazole rings is 1. The lowest BCUT2D eigenvalue weighted by molar-refractivity contribution is 0.101. The smallest absolute Gasteiger partial charge is 0.315 e. The van der Waals surface area contributed by atoms with Gasteiger partial charge in [-0.1, -0.05) is 30.7 Å². The van der Waals surface area contributed by atoms with Crippen LogP contribution in [-0.2, 0) is 13.1 Å². The summed E-state index contributed by atoms with van der Waals surface area (Å²) in [6.45, 7) is 1.93. The molecule has 134 valence electrons. The van der Waals surface area contributed by atoms with Crippen molar-refractivity contribution in [2.24, 2.45) is 5.92 Å². The third-order valence-electron chi connectivity index (χ3n) is 4.71. The second kappa shape index (κ2) is 8.67. The molecule has 3 rings (SSSR count). The standard InChI is InChI=1S/C19H26N4O2/c24-18-3-1-2-17(10-18)12-22-19(25)21-11-15-4-6-16(7-5-15)13-23-9-8-20-14-23/h4-9,14,17-18,24H,1-3,10-13H2,(H2,21,22,25). The number of amides is 2. The Labute approximate surface area is 148 Å². The summed E-state index contributed by atoms with van der Waals surface area (Å²) in [5.41, 5.74) is 2.26. The van der Waals surface area contributed by atoms with Gasteiger partial charge in [0.15, 0.2) is 0 Å². The van der Waals surface area contributed by atoms with E-state index >= 15 is 0 Å². The summed E-state index contributed by atoms with van der Waals surface area (Å²) in [5.74, 6) is 0.386. The van der Waals surface area contributed by atoms with Crippen LogP contribution in [-0.4, -0.2) is 33.3 Å². The molecule has 6 heteroatoms. The number of hydrogen-bond acceptors (Lipinski definition) is 3. The Morgan fingerprint density at radius 1 is 1.20 bits per heavy atom. The molecule has 1 aliphatic carbocycles. The van der Waals surface area contributed by atoms with E-state index in [1.807, 2.05) is 22.9 Å². The Morgan fingerprint density at radius 3 is 2.72 bits per heavy atom. The van der Waals surface area contributed by atoms with Gasteiger partial charge in [0.25, 0.3) is 0 Å². The maximum absolute atomic E-state index is 11.9. The fourth-order valence-corrected chi connectivity index (χ4v) is 3.28. The molecule has 2 atom stereocenters. The van der Waals surface area contributed by atoms with Crippen molar-refractivity contribution < 1.29 is 9.90 Å². The number of carbonyl (C=O) groups is 1. The average molecular weight is 342 g/mol. The molecule has 1 aromatic heterocycles. The maximum Gasteiger partial charge on any atom is 0.315 e. The molecule has 6 nitrogen and oxygen atoms in total. The largest absolute Gasteiger partial charge is 0.393 e. The number of aromatic nitrogens is 2. The number of nitrogens with one attached hydrogen (secondary N) is 2. The number of aliphatic hydroxyl groups is 1. The number of benzene rings is 1. The predicted molar refractivity (Wildman–Crippen MR) is 96.0 cm³/mol. The van der Waals surface area contributed by atoms with E-state index in [1.54, 1.807) is 12.5 Å². The number of hydrogen-bond donors (Lipinski definition) is 3. The molecule has 2 unspecified atom stereocenters. The molecule has 1 fully saturated rings. The van der Waals surface area contributed by atoms with Gasteiger partial charge in [-0.05, 0) is 36.3 Å². The molecular formula is C19H26N4O2. The monoisotopic (exact) mass is 342 g/mol. The lowest BCUT2D eigenvalue weighted by Crippen LogP contribution is -2.39. The van der Waals surface area contributed by atoms with E-state index in [9.17, 15) is 9.90 Å². The first-order chi connectivity index (χ1) is 12.2. The third kappa shape index (κ3) is 5.60. The van der Waals surface area contributed by atoms with Crippen LogP contribution in [0.2, 0.25) is 0 Å². The van der Waals surface area contributed by atoms with Crippen molar-refractivity contribution in [3.8, 4) is 0 Å². The van der Waals surface area contributed by atoms with Gasteiger partial charge in [-0.15, -0.1) is 0 Å². The summed E-state index contributed by atoms with van der Waals surface area (Å²) < 4.78 is 2.02. The number of urea groups is 1. The summed E-state index contributed by atoms with van der Waals surface area (Å²) in [6, 6.07) is 8.05. The number of aliphatic hydroxyl groups excluding tert-OH is 1. The predicted octanol–water partition coefficient (Wildman–Crippen LogP) is 2.28. The Bertz CT molecular complexity index is 655. The molecule has 25 heavy (non-hydrogen) atoms. The van der Waals surface area contributed by atoms with Gasteiger partial charge in [-0.2, -0.15) is 0 Å². The van der Waals surface area contributed by atoms with Gasteiger partial charge < -0.3 is 20.3 Å². The van der Waals surface area contributed by atoms with Crippen molar-refractivity contribution in [2.45, 2.75) is 44.9 Å². The normalized spacial score (nSPS) is 20.2. The topological polar surface area (TPSA) is 79.2 Å². The van der Waals surface area contributed by atoms with Crippen molar-refractivity contribution in [2.75, 3.05) is 6.54 Å². The molecule has 0 radical (unpaired) electrons. The summed E-state index contributed by atoms with van der Waals surface area (Å²) >= 11 is 0. The Morgan fingerprint density at radius 2 is 2.00 bits per heavy atom. The summed E-state index contributed by atoms with van der Waals surface area (Å²) in [6.07, 6.45) is 9.10. The van der Waals surface area contributed by atoms with E-state index in [1.165, 1.54) is 5.56 Å². The molecule has 1 heterocycles. The SMILES string of the molecule is O=C(NCc1ccc(Cn2ccnc2)cc1)NCC1CCCC(O)C1. The van der Waals surface area contributed by atoms with Crippen molar-refractivity contribution in [1.29, 1.82) is 0 Å². The summed E-state index contributed by atoms with van der Waals surface area (Å²) in [5, 5.41) is 15.5. The van der Waals surface area contributed by atoms with Crippen molar-refractivity contribution in [1.82, 2.24) is 20.2 Å². The maximum atomic E-state index is 11.9. The lowest BCUT2D eigenvalue weighted by atomic mass is 9.87. The first-order valence-electron chi connectivity index (χ1n) is 8.92. The van der Waals surface area contributed by atoms with Gasteiger partial charge in [0.2, 0.25) is 0 Å². The molecule has 2 amide bonds. The van der Waals surface area contributed by atoms with Crippen LogP contribution < -0.4 is 10.6 Å². The molecule has 3 N–H and O–H groups in total. The lowest BCUT2D eigenvalue weighted by Gasteiger charge is -2.25. The minimum Gasteiger partial charge on any atom is -0.393 e. The number of carbonyl (C=O) groups excluding carboxylic acids is 1. The first kappa shape index (κ1) is 17.5. The zero-order chi connectivity index (χ0) is 17.5. The van der Waals surface area contributed by atoms with Crippen LogP contribution in [0.3, 0.4) is 0 Å². The Kier molecular flexibility index (Phi) is 6.06. The molecule has 1 aliphatic rings. The van der Waals surface area contributed by atoms with Gasteiger partial charge in [0, 0.05) is 32.0 Å². The highest BCUT2D eigenvalue weighted by atomic mass is 16.3. The second-order valence-electron chi connectivity index (χ2n) is 6.80. The van der Waals surface area contributed by atoms with E-state index in [4.69, 9.17) is 0 Å². The van der Waals surface area contributed by atoms with Crippen molar-refractivity contribution >= 4 is 6.03 Å². The van der Waals surface area contributed by atoms with Crippen LogP contribution in [0.25, 0.3) is 0 Å². The van der Waals surface area contributed by atoms with Crippen LogP contribution in [0, 0.1) is 5.92 Å². The minimum atomic E-state index is -0.204. The number of nitrogens with zero attached hydrogens (tertiary/aromatic N) is 2. The third-order valence-corrected chi connectivity index (χ3v) is 4.71. The van der Waals surface area contributed by atoms with Gasteiger partial charge in [0.05, 0.1) is 12.4 Å². The van der Waals surface area contributed by atoms with Crippen LogP contribution in [0.1, 0.15) is 36.8 Å². The van der Waals surface area contributed by atoms with Crippen molar-refractivity contribution in [3.05, 3.63) is 54.1 Å². The van der Waals surface area contributed by atoms with Gasteiger partial charge in [0.1, 0.15) is 0 Å². The van der Waals surface area contributed by atoms with E-state index in [-0.39, 0.29) is 12.1 Å². The molecule has 1 saturated carbocycles. The van der Waals surface area contributed by atoms with Crippen LogP contribution in [0.15, 0.2) is 43.0 Å². The minimum absolute atomic E-state index is 0.150. The zero-order valence-electron chi connectivity index (χ0n) is 14.4. The Hall–Kier alpha value is -2.34. The molecule has 0 bridgehead atoms. The summed E-state index contributed by atoms with van der Waals surface area (Å²) in [4.78, 5) is 16.0. The fourth-order valence-electron chi connectivity index (χ4n) is 3.28. The van der Waals surface area contributed by atoms with Crippen LogP contribution >= 0.6 is 0 Å². The van der Waals surface area contributed by atoms with E-state index in [0.717, 1.165) is 37.8 Å². The first-order valence-corrected chi connectivity index (χ1v) is 8.92. The zero-order valence-corrected chi connectivity index (χ0v) is 14.4. The van der Waals surface area contributed by atoms with Gasteiger partial charge >= 0.3 is 6.03 Å². The molecule has 1 aromatic carbocycles. The quantitative estimate of drug-likeness (QED) is 0.753. The summed E-state index contributed by atoms with van der Waals surface area (Å²) in [7, 11) is 0. The van der Waals surface area contributed by atoms with E-state index in [2.05, 4.69) is 27.8 Å². The Balaban J connectivity index is 1.38. The van der Waals surface area contributed by atoms with Gasteiger partial charge in [-0.3, -0.25) is 0 Å². The highest BCUT2D eigenvalue weighted by Crippen LogP contribution is 2.23. The average Bonchev–Trinajstić information content (AvgIpc) is 3.12. The van der Waals surface area contributed by atoms with Crippen molar-refractivity contribution in [3.63, 3.8) is 0 Å². The molecular weight excluding hydrogens is 316 g/mol. The van der Waals surface area contributed by atoms with Crippen LogP contribution in [0.4, 0.5) is 4.79 Å². The van der Waals surface area contributed by atoms with Crippen LogP contribution in [0.5, 0.6) is 0 Å². The fraction of sp³-hybridized carbons (Fsp3) is 0.474.